The van der Waals surface area contributed by atoms with Gasteiger partial charge in [-0.3, -0.25) is 5.32 Å². The van der Waals surface area contributed by atoms with Gasteiger partial charge in [0.1, 0.15) is 6.61 Å². The Morgan fingerprint density at radius 2 is 1.73 bits per heavy atom. The quantitative estimate of drug-likeness (QED) is 0.907. The Bertz CT molecular complexity index is 704. The van der Waals surface area contributed by atoms with Crippen molar-refractivity contribution in [1.82, 2.24) is 0 Å². The zero-order valence-corrected chi connectivity index (χ0v) is 11.2. The fourth-order valence-corrected chi connectivity index (χ4v) is 1.68. The van der Waals surface area contributed by atoms with Gasteiger partial charge in [-0.05, 0) is 17.7 Å². The van der Waals surface area contributed by atoms with Gasteiger partial charge in [-0.1, -0.05) is 30.3 Å². The van der Waals surface area contributed by atoms with Gasteiger partial charge < -0.3 is 9.84 Å². The standard InChI is InChI=1S/C15H11F2NO4/c16-12-10(14(19)20)6-7-11(13(12)17)18-15(21)22-8-9-4-2-1-3-5-9/h1-7H,8H2,(H,18,21)(H,19,20). The third-order valence-electron chi connectivity index (χ3n) is 2.76. The highest BCUT2D eigenvalue weighted by atomic mass is 19.2. The predicted molar refractivity (Wildman–Crippen MR) is 73.6 cm³/mol. The monoisotopic (exact) mass is 307 g/mol. The average molecular weight is 307 g/mol. The van der Waals surface area contributed by atoms with Crippen molar-refractivity contribution in [3.05, 3.63) is 65.2 Å². The molecular formula is C15H11F2NO4. The number of anilines is 1. The van der Waals surface area contributed by atoms with Gasteiger partial charge in [-0.2, -0.15) is 0 Å². The molecule has 0 spiro atoms. The number of nitrogens with one attached hydrogen (secondary N) is 1. The average Bonchev–Trinajstić information content (AvgIpc) is 2.50. The van der Waals surface area contributed by atoms with Crippen molar-refractivity contribution in [3.8, 4) is 0 Å². The summed E-state index contributed by atoms with van der Waals surface area (Å²) in [6, 6.07) is 10.6. The molecule has 0 saturated heterocycles. The molecule has 5 nitrogen and oxygen atoms in total. The summed E-state index contributed by atoms with van der Waals surface area (Å²) in [7, 11) is 0. The third-order valence-corrected chi connectivity index (χ3v) is 2.76. The van der Waals surface area contributed by atoms with Gasteiger partial charge in [-0.15, -0.1) is 0 Å². The minimum Gasteiger partial charge on any atom is -0.478 e. The normalized spacial score (nSPS) is 10.1. The fraction of sp³-hybridized carbons (Fsp3) is 0.0667. The Balaban J connectivity index is 2.03. The number of carboxylic acid groups (broad SMARTS) is 1. The van der Waals surface area contributed by atoms with Crippen LogP contribution in [0.5, 0.6) is 0 Å². The number of carbonyl (C=O) groups is 2. The van der Waals surface area contributed by atoms with Gasteiger partial charge in [0.15, 0.2) is 11.6 Å². The summed E-state index contributed by atoms with van der Waals surface area (Å²) >= 11 is 0. The lowest BCUT2D eigenvalue weighted by molar-refractivity contribution is 0.0690. The van der Waals surface area contributed by atoms with E-state index < -0.39 is 34.9 Å². The maximum atomic E-state index is 13.6. The number of rotatable bonds is 4. The van der Waals surface area contributed by atoms with Crippen molar-refractivity contribution in [3.63, 3.8) is 0 Å². The summed E-state index contributed by atoms with van der Waals surface area (Å²) in [5, 5.41) is 10.7. The molecule has 0 bridgehead atoms. The first-order valence-corrected chi connectivity index (χ1v) is 6.18. The third kappa shape index (κ3) is 3.57. The predicted octanol–water partition coefficient (Wildman–Crippen LogP) is 3.41. The molecule has 22 heavy (non-hydrogen) atoms. The Morgan fingerprint density at radius 1 is 1.05 bits per heavy atom. The van der Waals surface area contributed by atoms with Gasteiger partial charge in [0.05, 0.1) is 11.3 Å². The van der Waals surface area contributed by atoms with Crippen LogP contribution in [0.2, 0.25) is 0 Å². The number of hydrogen-bond donors (Lipinski definition) is 2. The molecule has 0 aliphatic carbocycles. The molecule has 2 aromatic rings. The van der Waals surface area contributed by atoms with Crippen molar-refractivity contribution >= 4 is 17.7 Å². The van der Waals surface area contributed by atoms with Crippen LogP contribution >= 0.6 is 0 Å². The molecule has 0 aliphatic rings. The van der Waals surface area contributed by atoms with Gasteiger partial charge in [-0.25, -0.2) is 18.4 Å². The molecular weight excluding hydrogens is 296 g/mol. The van der Waals surface area contributed by atoms with Crippen LogP contribution in [0.3, 0.4) is 0 Å². The first-order chi connectivity index (χ1) is 10.5. The number of amides is 1. The Kier molecular flexibility index (Phi) is 4.67. The Morgan fingerprint density at radius 3 is 2.36 bits per heavy atom. The van der Waals surface area contributed by atoms with Crippen LogP contribution in [0.1, 0.15) is 15.9 Å². The maximum Gasteiger partial charge on any atom is 0.412 e. The van der Waals surface area contributed by atoms with Crippen LogP contribution < -0.4 is 5.32 Å². The molecule has 2 rings (SSSR count). The molecule has 0 heterocycles. The van der Waals surface area contributed by atoms with Crippen molar-refractivity contribution < 1.29 is 28.2 Å². The first-order valence-electron chi connectivity index (χ1n) is 6.18. The molecule has 7 heteroatoms. The molecule has 0 fully saturated rings. The molecule has 2 N–H and O–H groups in total. The number of hydrogen-bond acceptors (Lipinski definition) is 3. The second-order valence-corrected chi connectivity index (χ2v) is 4.28. The first kappa shape index (κ1) is 15.4. The highest BCUT2D eigenvalue weighted by Crippen LogP contribution is 2.21. The molecule has 0 saturated carbocycles. The number of carboxylic acids is 1. The summed E-state index contributed by atoms with van der Waals surface area (Å²) in [5.74, 6) is -4.61. The molecule has 0 aliphatic heterocycles. The molecule has 0 atom stereocenters. The van der Waals surface area contributed by atoms with Crippen LogP contribution in [0.15, 0.2) is 42.5 Å². The smallest absolute Gasteiger partial charge is 0.412 e. The number of benzene rings is 2. The number of ether oxygens (including phenoxy) is 1. The second kappa shape index (κ2) is 6.66. The topological polar surface area (TPSA) is 75.6 Å². The van der Waals surface area contributed by atoms with Crippen LogP contribution in [0.4, 0.5) is 19.3 Å². The van der Waals surface area contributed by atoms with E-state index in [-0.39, 0.29) is 6.61 Å². The van der Waals surface area contributed by atoms with Crippen molar-refractivity contribution in [1.29, 1.82) is 0 Å². The number of carbonyl (C=O) groups excluding carboxylic acids is 1. The van der Waals surface area contributed by atoms with Crippen molar-refractivity contribution in [2.24, 2.45) is 0 Å². The van der Waals surface area contributed by atoms with E-state index >= 15 is 0 Å². The van der Waals surface area contributed by atoms with E-state index in [1.165, 1.54) is 0 Å². The zero-order chi connectivity index (χ0) is 16.1. The van der Waals surface area contributed by atoms with E-state index in [9.17, 15) is 18.4 Å². The minimum atomic E-state index is -1.60. The maximum absolute atomic E-state index is 13.6. The molecule has 0 radical (unpaired) electrons. The summed E-state index contributed by atoms with van der Waals surface area (Å²) in [4.78, 5) is 22.2. The zero-order valence-electron chi connectivity index (χ0n) is 11.2. The van der Waals surface area contributed by atoms with Crippen molar-refractivity contribution in [2.45, 2.75) is 6.61 Å². The molecule has 2 aromatic carbocycles. The van der Waals surface area contributed by atoms with Crippen molar-refractivity contribution in [2.75, 3.05) is 5.32 Å². The Labute approximate surface area is 124 Å². The minimum absolute atomic E-state index is 0.0377. The lowest BCUT2D eigenvalue weighted by Crippen LogP contribution is -2.16. The van der Waals surface area contributed by atoms with Gasteiger partial charge >= 0.3 is 12.1 Å². The van der Waals surface area contributed by atoms with E-state index in [1.807, 2.05) is 5.32 Å². The molecule has 114 valence electrons. The highest BCUT2D eigenvalue weighted by molar-refractivity contribution is 5.90. The summed E-state index contributed by atoms with van der Waals surface area (Å²) in [6.07, 6.45) is -0.981. The lowest BCUT2D eigenvalue weighted by Gasteiger charge is -2.09. The molecule has 1 amide bonds. The van der Waals surface area contributed by atoms with Gasteiger partial charge in [0, 0.05) is 0 Å². The van der Waals surface area contributed by atoms with E-state index in [4.69, 9.17) is 9.84 Å². The molecule has 0 aromatic heterocycles. The van der Waals surface area contributed by atoms with E-state index in [0.29, 0.717) is 0 Å². The van der Waals surface area contributed by atoms with Crippen LogP contribution in [0, 0.1) is 11.6 Å². The summed E-state index contributed by atoms with van der Waals surface area (Å²) in [5.41, 5.74) is -0.591. The fourth-order valence-electron chi connectivity index (χ4n) is 1.68. The van der Waals surface area contributed by atoms with Crippen LogP contribution in [-0.4, -0.2) is 17.2 Å². The van der Waals surface area contributed by atoms with E-state index in [1.54, 1.807) is 30.3 Å². The SMILES string of the molecule is O=C(Nc1ccc(C(=O)O)c(F)c1F)OCc1ccccc1. The molecule has 0 unspecified atom stereocenters. The number of halogens is 2. The summed E-state index contributed by atoms with van der Waals surface area (Å²) < 4.78 is 32.0. The number of aromatic carboxylic acids is 1. The van der Waals surface area contributed by atoms with Gasteiger partial charge in [0.2, 0.25) is 0 Å². The van der Waals surface area contributed by atoms with E-state index in [2.05, 4.69) is 0 Å². The highest BCUT2D eigenvalue weighted by Gasteiger charge is 2.19. The largest absolute Gasteiger partial charge is 0.478 e. The Hall–Kier alpha value is -2.96. The van der Waals surface area contributed by atoms with Crippen LogP contribution in [0.25, 0.3) is 0 Å². The second-order valence-electron chi connectivity index (χ2n) is 4.28. The van der Waals surface area contributed by atoms with E-state index in [0.717, 1.165) is 17.7 Å². The lowest BCUT2D eigenvalue weighted by atomic mass is 10.2. The van der Waals surface area contributed by atoms with Crippen LogP contribution in [-0.2, 0) is 11.3 Å². The summed E-state index contributed by atoms with van der Waals surface area (Å²) in [6.45, 7) is -0.0377. The van der Waals surface area contributed by atoms with Gasteiger partial charge in [0.25, 0.3) is 0 Å².